The maximum absolute atomic E-state index is 9.60. The van der Waals surface area contributed by atoms with Crippen LogP contribution in [0, 0.1) is 25.3 Å². The Kier molecular flexibility index (Phi) is 6.53. The molecule has 2 fully saturated rings. The number of rotatable bonds is 2. The average Bonchev–Trinajstić information content (AvgIpc) is 2.93. The molecule has 1 aromatic rings. The molecule has 1 heterocycles. The maximum Gasteiger partial charge on any atom is 0.293 e. The summed E-state index contributed by atoms with van der Waals surface area (Å²) in [6.07, 6.45) is 12.4. The van der Waals surface area contributed by atoms with Gasteiger partial charge >= 0.3 is 0 Å². The number of fused-ring (bicyclic) bond motifs is 1. The monoisotopic (exact) mass is 341 g/mol. The Balaban J connectivity index is 0.000000277. The van der Waals surface area contributed by atoms with Gasteiger partial charge in [0.25, 0.3) is 6.47 Å². The molecule has 0 N–H and O–H groups in total. The predicted molar refractivity (Wildman–Crippen MR) is 102 cm³/mol. The number of ether oxygens (including phenoxy) is 1. The lowest BCUT2D eigenvalue weighted by Crippen LogP contribution is -2.32. The maximum atomic E-state index is 9.60. The summed E-state index contributed by atoms with van der Waals surface area (Å²) in [5.74, 6) is 0.819. The van der Waals surface area contributed by atoms with Crippen molar-refractivity contribution in [2.45, 2.75) is 77.5 Å². The molecule has 3 atom stereocenters. The standard InChI is InChI=1S/C17H21N.C5H10O2/c1-3-18-16-11-7-5-9-14(16)12-17(18)15-10-6-4-8-13(15)2;1-5(2,3)7-4-6/h1,4,6,8,10,14,16-17H,5,7,9,11-12H2,2H3;4H,1-3H3. The van der Waals surface area contributed by atoms with Crippen LogP contribution in [0.4, 0.5) is 0 Å². The second kappa shape index (κ2) is 8.43. The molecule has 3 unspecified atom stereocenters. The van der Waals surface area contributed by atoms with E-state index in [-0.39, 0.29) is 5.60 Å². The van der Waals surface area contributed by atoms with Crippen LogP contribution in [0.5, 0.6) is 0 Å². The van der Waals surface area contributed by atoms with E-state index in [9.17, 15) is 4.79 Å². The van der Waals surface area contributed by atoms with Crippen molar-refractivity contribution in [3.05, 3.63) is 35.4 Å². The minimum Gasteiger partial charge on any atom is -0.462 e. The average molecular weight is 341 g/mol. The molecular weight excluding hydrogens is 310 g/mol. The number of likely N-dealkylation sites (tertiary alicyclic amines) is 1. The van der Waals surface area contributed by atoms with Crippen molar-refractivity contribution < 1.29 is 9.53 Å². The Morgan fingerprint density at radius 2 is 1.92 bits per heavy atom. The van der Waals surface area contributed by atoms with Gasteiger partial charge in [0, 0.05) is 12.1 Å². The summed E-state index contributed by atoms with van der Waals surface area (Å²) in [5, 5.41) is 0. The van der Waals surface area contributed by atoms with Gasteiger partial charge in [-0.1, -0.05) is 43.5 Å². The first-order valence-corrected chi connectivity index (χ1v) is 9.29. The van der Waals surface area contributed by atoms with Crippen LogP contribution in [0.3, 0.4) is 0 Å². The van der Waals surface area contributed by atoms with Crippen molar-refractivity contribution in [3.8, 4) is 12.5 Å². The summed E-state index contributed by atoms with van der Waals surface area (Å²) in [6.45, 7) is 8.12. The largest absolute Gasteiger partial charge is 0.462 e. The van der Waals surface area contributed by atoms with Gasteiger partial charge in [-0.25, -0.2) is 0 Å². The zero-order valence-corrected chi connectivity index (χ0v) is 16.0. The Labute approximate surface area is 152 Å². The molecule has 0 radical (unpaired) electrons. The lowest BCUT2D eigenvalue weighted by Gasteiger charge is -2.31. The highest BCUT2D eigenvalue weighted by molar-refractivity contribution is 5.37. The molecule has 1 saturated heterocycles. The molecule has 3 nitrogen and oxygen atoms in total. The van der Waals surface area contributed by atoms with Gasteiger partial charge in [-0.15, -0.1) is 0 Å². The van der Waals surface area contributed by atoms with E-state index >= 15 is 0 Å². The molecular formula is C22H31NO2. The third-order valence-corrected chi connectivity index (χ3v) is 5.19. The lowest BCUT2D eigenvalue weighted by atomic mass is 9.84. The molecule has 1 aromatic carbocycles. The molecule has 1 aliphatic heterocycles. The van der Waals surface area contributed by atoms with E-state index in [4.69, 9.17) is 6.42 Å². The van der Waals surface area contributed by atoms with Crippen molar-refractivity contribution in [3.63, 3.8) is 0 Å². The fourth-order valence-electron chi connectivity index (χ4n) is 4.03. The number of hydrogen-bond donors (Lipinski definition) is 0. The van der Waals surface area contributed by atoms with E-state index in [1.54, 1.807) is 0 Å². The Hall–Kier alpha value is -1.95. The highest BCUT2D eigenvalue weighted by Crippen LogP contribution is 2.46. The second-order valence-corrected chi connectivity index (χ2v) is 8.08. The predicted octanol–water partition coefficient (Wildman–Crippen LogP) is 4.85. The number of carbonyl (C=O) groups is 1. The zero-order valence-electron chi connectivity index (χ0n) is 16.0. The molecule has 0 aromatic heterocycles. The number of nitrogens with zero attached hydrogens (tertiary/aromatic N) is 1. The molecule has 3 rings (SSSR count). The van der Waals surface area contributed by atoms with Crippen LogP contribution in [-0.2, 0) is 9.53 Å². The van der Waals surface area contributed by atoms with Crippen LogP contribution in [0.15, 0.2) is 24.3 Å². The summed E-state index contributed by atoms with van der Waals surface area (Å²) in [5.41, 5.74) is 2.49. The van der Waals surface area contributed by atoms with Crippen LogP contribution >= 0.6 is 0 Å². The topological polar surface area (TPSA) is 29.5 Å². The normalized spacial score (nSPS) is 25.2. The summed E-state index contributed by atoms with van der Waals surface area (Å²) in [7, 11) is 0. The number of aryl methyl sites for hydroxylation is 1. The van der Waals surface area contributed by atoms with Gasteiger partial charge in [-0.3, -0.25) is 4.79 Å². The van der Waals surface area contributed by atoms with Crippen LogP contribution < -0.4 is 0 Å². The van der Waals surface area contributed by atoms with Crippen molar-refractivity contribution in [1.82, 2.24) is 4.90 Å². The molecule has 25 heavy (non-hydrogen) atoms. The van der Waals surface area contributed by atoms with E-state index in [0.29, 0.717) is 18.6 Å². The van der Waals surface area contributed by atoms with Crippen molar-refractivity contribution in [1.29, 1.82) is 0 Å². The zero-order chi connectivity index (χ0) is 18.4. The van der Waals surface area contributed by atoms with Crippen LogP contribution in [0.2, 0.25) is 0 Å². The molecule has 0 bridgehead atoms. The van der Waals surface area contributed by atoms with Crippen molar-refractivity contribution in [2.24, 2.45) is 5.92 Å². The SMILES string of the molecule is C#CN1C(c2ccccc2C)CC2CCCCC21.CC(C)(C)OC=O. The minimum absolute atomic E-state index is 0.318. The number of benzene rings is 1. The van der Waals surface area contributed by atoms with Crippen LogP contribution in [-0.4, -0.2) is 23.0 Å². The first kappa shape index (κ1) is 19.4. The van der Waals surface area contributed by atoms with Crippen LogP contribution in [0.1, 0.15) is 70.0 Å². The first-order chi connectivity index (χ1) is 11.9. The molecule has 1 aliphatic carbocycles. The van der Waals surface area contributed by atoms with E-state index in [0.717, 1.165) is 5.92 Å². The van der Waals surface area contributed by atoms with E-state index < -0.39 is 0 Å². The third-order valence-electron chi connectivity index (χ3n) is 5.19. The van der Waals surface area contributed by atoms with Crippen molar-refractivity contribution >= 4 is 6.47 Å². The highest BCUT2D eigenvalue weighted by Gasteiger charge is 2.41. The van der Waals surface area contributed by atoms with Gasteiger partial charge in [0.2, 0.25) is 0 Å². The van der Waals surface area contributed by atoms with E-state index in [2.05, 4.69) is 46.9 Å². The number of carbonyl (C=O) groups excluding carboxylic acids is 1. The van der Waals surface area contributed by atoms with Crippen LogP contribution in [0.25, 0.3) is 0 Å². The molecule has 2 aliphatic rings. The van der Waals surface area contributed by atoms with E-state index in [1.165, 1.54) is 43.2 Å². The molecule has 1 saturated carbocycles. The Bertz CT molecular complexity index is 611. The van der Waals surface area contributed by atoms with Gasteiger partial charge in [0.05, 0.1) is 6.04 Å². The van der Waals surface area contributed by atoms with Crippen molar-refractivity contribution in [2.75, 3.05) is 0 Å². The highest BCUT2D eigenvalue weighted by atomic mass is 16.5. The van der Waals surface area contributed by atoms with Gasteiger partial charge in [-0.05, 0) is 64.0 Å². The fraction of sp³-hybridized carbons (Fsp3) is 0.591. The molecule has 0 spiro atoms. The number of terminal acetylenes is 1. The number of hydrogen-bond acceptors (Lipinski definition) is 3. The summed E-state index contributed by atoms with van der Waals surface area (Å²) in [6, 6.07) is 12.8. The van der Waals surface area contributed by atoms with Gasteiger partial charge in [-0.2, -0.15) is 0 Å². The van der Waals surface area contributed by atoms with Gasteiger partial charge < -0.3 is 9.64 Å². The van der Waals surface area contributed by atoms with E-state index in [1.807, 2.05) is 20.8 Å². The first-order valence-electron chi connectivity index (χ1n) is 9.29. The molecule has 0 amide bonds. The fourth-order valence-corrected chi connectivity index (χ4v) is 4.03. The summed E-state index contributed by atoms with van der Waals surface area (Å²) < 4.78 is 4.55. The molecule has 136 valence electrons. The molecule has 3 heteroatoms. The van der Waals surface area contributed by atoms with Gasteiger partial charge in [0.1, 0.15) is 5.60 Å². The lowest BCUT2D eigenvalue weighted by molar-refractivity contribution is -0.138. The third kappa shape index (κ3) is 5.01. The minimum atomic E-state index is -0.318. The summed E-state index contributed by atoms with van der Waals surface area (Å²) in [4.78, 5) is 11.9. The summed E-state index contributed by atoms with van der Waals surface area (Å²) >= 11 is 0. The Morgan fingerprint density at radius 1 is 1.24 bits per heavy atom. The second-order valence-electron chi connectivity index (χ2n) is 8.08. The van der Waals surface area contributed by atoms with Gasteiger partial charge in [0.15, 0.2) is 0 Å². The quantitative estimate of drug-likeness (QED) is 0.569. The Morgan fingerprint density at radius 3 is 2.48 bits per heavy atom. The smallest absolute Gasteiger partial charge is 0.293 e.